The van der Waals surface area contributed by atoms with E-state index in [0.717, 1.165) is 37.7 Å². The number of rotatable bonds is 2. The van der Waals surface area contributed by atoms with Crippen molar-refractivity contribution in [3.63, 3.8) is 0 Å². The summed E-state index contributed by atoms with van der Waals surface area (Å²) >= 11 is 5.96. The summed E-state index contributed by atoms with van der Waals surface area (Å²) in [6, 6.07) is 7.49. The molecule has 1 aromatic heterocycles. The highest BCUT2D eigenvalue weighted by Gasteiger charge is 2.40. The molecule has 1 aliphatic rings. The Balaban J connectivity index is 2.02. The molecule has 5 heteroatoms. The molecule has 1 heterocycles. The highest BCUT2D eigenvalue weighted by Crippen LogP contribution is 2.43. The van der Waals surface area contributed by atoms with Gasteiger partial charge >= 0.3 is 0 Å². The van der Waals surface area contributed by atoms with Crippen molar-refractivity contribution in [3.8, 4) is 0 Å². The summed E-state index contributed by atoms with van der Waals surface area (Å²) in [5, 5.41) is 19.8. The predicted molar refractivity (Wildman–Crippen MR) is 77.5 cm³/mol. The highest BCUT2D eigenvalue weighted by atomic mass is 35.5. The lowest BCUT2D eigenvalue weighted by atomic mass is 9.82. The highest BCUT2D eigenvalue weighted by molar-refractivity contribution is 6.30. The third kappa shape index (κ3) is 2.45. The fourth-order valence-electron chi connectivity index (χ4n) is 3.15. The maximum absolute atomic E-state index is 11.3. The maximum Gasteiger partial charge on any atom is 0.119 e. The van der Waals surface area contributed by atoms with Gasteiger partial charge in [0.15, 0.2) is 0 Å². The number of nitrogens with zero attached hydrogens (tertiary/aromatic N) is 3. The summed E-state index contributed by atoms with van der Waals surface area (Å²) in [5.74, 6) is 0. The number of aromatic nitrogens is 3. The van der Waals surface area contributed by atoms with E-state index in [4.69, 9.17) is 11.6 Å². The molecule has 0 aliphatic heterocycles. The molecule has 1 fully saturated rings. The molecule has 106 valence electrons. The van der Waals surface area contributed by atoms with Crippen LogP contribution in [0.2, 0.25) is 5.02 Å². The summed E-state index contributed by atoms with van der Waals surface area (Å²) in [6.45, 7) is 0. The number of hydrogen-bond acceptors (Lipinski definition) is 3. The van der Waals surface area contributed by atoms with Gasteiger partial charge < -0.3 is 9.67 Å². The first-order valence-corrected chi connectivity index (χ1v) is 7.40. The molecule has 3 rings (SSSR count). The fraction of sp³-hybridized carbons (Fsp3) is 0.467. The van der Waals surface area contributed by atoms with Gasteiger partial charge in [-0.05, 0) is 30.5 Å². The molecular formula is C15H18ClN3O. The first-order chi connectivity index (χ1) is 9.70. The molecule has 1 N–H and O–H groups in total. The molecule has 1 aliphatic carbocycles. The van der Waals surface area contributed by atoms with Crippen LogP contribution in [0.1, 0.15) is 43.7 Å². The van der Waals surface area contributed by atoms with Crippen molar-refractivity contribution in [3.05, 3.63) is 47.5 Å². The average Bonchev–Trinajstić information content (AvgIpc) is 2.90. The van der Waals surface area contributed by atoms with Gasteiger partial charge in [0, 0.05) is 5.02 Å². The molecule has 0 radical (unpaired) electrons. The van der Waals surface area contributed by atoms with Gasteiger partial charge in [-0.3, -0.25) is 0 Å². The number of hydrogen-bond donors (Lipinski definition) is 1. The Morgan fingerprint density at radius 3 is 2.50 bits per heavy atom. The van der Waals surface area contributed by atoms with E-state index in [1.807, 2.05) is 28.8 Å². The second kappa shape index (κ2) is 5.54. The first-order valence-electron chi connectivity index (χ1n) is 7.03. The summed E-state index contributed by atoms with van der Waals surface area (Å²) < 4.78 is 1.93. The molecule has 4 nitrogen and oxygen atoms in total. The standard InChI is InChI=1S/C15H18ClN3O/c16-13-7-5-12(6-8-13)15(20)9-3-1-2-4-14(15)19-10-17-18-11-19/h5-8,10-11,14,20H,1-4,9H2/t14-,15+/m1/s1. The van der Waals surface area contributed by atoms with Crippen LogP contribution in [0.15, 0.2) is 36.9 Å². The molecule has 20 heavy (non-hydrogen) atoms. The van der Waals surface area contributed by atoms with Crippen LogP contribution in [0.25, 0.3) is 0 Å². The van der Waals surface area contributed by atoms with Gasteiger partial charge in [-0.15, -0.1) is 10.2 Å². The van der Waals surface area contributed by atoms with E-state index in [1.165, 1.54) is 0 Å². The van der Waals surface area contributed by atoms with E-state index in [2.05, 4.69) is 10.2 Å². The molecule has 0 bridgehead atoms. The van der Waals surface area contributed by atoms with E-state index in [0.29, 0.717) is 5.02 Å². The van der Waals surface area contributed by atoms with Gasteiger partial charge in [0.05, 0.1) is 6.04 Å². The van der Waals surface area contributed by atoms with E-state index in [1.54, 1.807) is 12.7 Å². The molecule has 0 saturated heterocycles. The van der Waals surface area contributed by atoms with E-state index in [9.17, 15) is 5.11 Å². The molecule has 2 aromatic rings. The SMILES string of the molecule is O[C@]1(c2ccc(Cl)cc2)CCCCC[C@H]1n1cnnc1. The van der Waals surface area contributed by atoms with Gasteiger partial charge in [0.25, 0.3) is 0 Å². The minimum absolute atomic E-state index is 0.0267. The van der Waals surface area contributed by atoms with Crippen LogP contribution in [0, 0.1) is 0 Å². The van der Waals surface area contributed by atoms with Crippen LogP contribution >= 0.6 is 11.6 Å². The van der Waals surface area contributed by atoms with Crippen molar-refractivity contribution in [1.29, 1.82) is 0 Å². The minimum atomic E-state index is -0.885. The second-order valence-electron chi connectivity index (χ2n) is 5.46. The zero-order chi connectivity index (χ0) is 14.0. The number of benzene rings is 1. The van der Waals surface area contributed by atoms with Crippen LogP contribution in [0.5, 0.6) is 0 Å². The van der Waals surface area contributed by atoms with Crippen molar-refractivity contribution < 1.29 is 5.11 Å². The molecule has 0 spiro atoms. The summed E-state index contributed by atoms with van der Waals surface area (Å²) in [4.78, 5) is 0. The van der Waals surface area contributed by atoms with Crippen molar-refractivity contribution in [2.75, 3.05) is 0 Å². The van der Waals surface area contributed by atoms with Crippen LogP contribution in [0.4, 0.5) is 0 Å². The molecule has 1 aromatic carbocycles. The van der Waals surface area contributed by atoms with Gasteiger partial charge in [-0.25, -0.2) is 0 Å². The Hall–Kier alpha value is -1.39. The number of halogens is 1. The topological polar surface area (TPSA) is 50.9 Å². The van der Waals surface area contributed by atoms with Crippen molar-refractivity contribution in [2.24, 2.45) is 0 Å². The average molecular weight is 292 g/mol. The van der Waals surface area contributed by atoms with Crippen molar-refractivity contribution in [1.82, 2.24) is 14.8 Å². The fourth-order valence-corrected chi connectivity index (χ4v) is 3.28. The van der Waals surface area contributed by atoms with Crippen molar-refractivity contribution in [2.45, 2.75) is 43.7 Å². The molecule has 0 unspecified atom stereocenters. The third-order valence-corrected chi connectivity index (χ3v) is 4.48. The van der Waals surface area contributed by atoms with Gasteiger partial charge in [0.2, 0.25) is 0 Å². The summed E-state index contributed by atoms with van der Waals surface area (Å²) in [7, 11) is 0. The summed E-state index contributed by atoms with van der Waals surface area (Å²) in [5.41, 5.74) is 0.0335. The minimum Gasteiger partial charge on any atom is -0.383 e. The Labute approximate surface area is 123 Å². The Bertz CT molecular complexity index is 555. The molecular weight excluding hydrogens is 274 g/mol. The number of aliphatic hydroxyl groups is 1. The maximum atomic E-state index is 11.3. The van der Waals surface area contributed by atoms with Gasteiger partial charge in [-0.2, -0.15) is 0 Å². The molecule has 2 atom stereocenters. The predicted octanol–water partition coefficient (Wildman–Crippen LogP) is 3.32. The smallest absolute Gasteiger partial charge is 0.119 e. The zero-order valence-electron chi connectivity index (χ0n) is 11.2. The summed E-state index contributed by atoms with van der Waals surface area (Å²) in [6.07, 6.45) is 8.34. The van der Waals surface area contributed by atoms with Crippen molar-refractivity contribution >= 4 is 11.6 Å². The van der Waals surface area contributed by atoms with Crippen LogP contribution in [-0.2, 0) is 5.60 Å². The second-order valence-corrected chi connectivity index (χ2v) is 5.89. The van der Waals surface area contributed by atoms with Crippen LogP contribution in [0.3, 0.4) is 0 Å². The lowest BCUT2D eigenvalue weighted by Gasteiger charge is -2.36. The lowest BCUT2D eigenvalue weighted by Crippen LogP contribution is -2.35. The molecule has 1 saturated carbocycles. The van der Waals surface area contributed by atoms with Gasteiger partial charge in [-0.1, -0.05) is 43.0 Å². The Kier molecular flexibility index (Phi) is 3.76. The monoisotopic (exact) mass is 291 g/mol. The normalized spacial score (nSPS) is 27.2. The van der Waals surface area contributed by atoms with Crippen LogP contribution < -0.4 is 0 Å². The lowest BCUT2D eigenvalue weighted by molar-refractivity contribution is -0.0244. The van der Waals surface area contributed by atoms with E-state index < -0.39 is 5.60 Å². The molecule has 0 amide bonds. The van der Waals surface area contributed by atoms with Crippen LogP contribution in [-0.4, -0.2) is 19.9 Å². The third-order valence-electron chi connectivity index (χ3n) is 4.23. The largest absolute Gasteiger partial charge is 0.383 e. The Morgan fingerprint density at radius 2 is 1.80 bits per heavy atom. The zero-order valence-corrected chi connectivity index (χ0v) is 12.0. The van der Waals surface area contributed by atoms with E-state index in [-0.39, 0.29) is 6.04 Å². The van der Waals surface area contributed by atoms with E-state index >= 15 is 0 Å². The van der Waals surface area contributed by atoms with Gasteiger partial charge in [0.1, 0.15) is 18.3 Å². The first kappa shape index (κ1) is 13.6. The Morgan fingerprint density at radius 1 is 1.10 bits per heavy atom. The quantitative estimate of drug-likeness (QED) is 0.864.